The van der Waals surface area contributed by atoms with Crippen molar-refractivity contribution < 1.29 is 9.59 Å². The molecule has 4 rings (SSSR count). The van der Waals surface area contributed by atoms with Gasteiger partial charge < -0.3 is 10.6 Å². The Kier molecular flexibility index (Phi) is 6.87. The number of hydrogen-bond acceptors (Lipinski definition) is 3. The van der Waals surface area contributed by atoms with Crippen LogP contribution >= 0.6 is 0 Å². The van der Waals surface area contributed by atoms with E-state index in [9.17, 15) is 9.59 Å². The van der Waals surface area contributed by atoms with Crippen molar-refractivity contribution in [2.75, 3.05) is 19.6 Å². The standard InChI is InChI=1S/C26H30N4O2/c1-18-5-3-7-21(13-18)26(32)28-15-25(31)29-23-16-30(17-23)24-11-9-19(10-12-24)20-6-4-8-22(14-20)27-2/h3-8,13-14,19,23-24H,9-12,15-17H2,1H3,(H,28,32)(H,29,31)/t19-,24+. The van der Waals surface area contributed by atoms with E-state index >= 15 is 0 Å². The number of nitrogens with zero attached hydrogens (tertiary/aromatic N) is 2. The average molecular weight is 431 g/mol. The second-order valence-corrected chi connectivity index (χ2v) is 8.98. The predicted octanol–water partition coefficient (Wildman–Crippen LogP) is 3.80. The third-order valence-electron chi connectivity index (χ3n) is 6.65. The largest absolute Gasteiger partial charge is 0.349 e. The quantitative estimate of drug-likeness (QED) is 0.685. The van der Waals surface area contributed by atoms with Crippen molar-refractivity contribution in [3.63, 3.8) is 0 Å². The molecule has 0 spiro atoms. The Morgan fingerprint density at radius 2 is 1.81 bits per heavy atom. The zero-order valence-electron chi connectivity index (χ0n) is 18.5. The molecule has 1 saturated carbocycles. The zero-order valence-corrected chi connectivity index (χ0v) is 18.5. The number of aryl methyl sites for hydroxylation is 1. The molecule has 2 fully saturated rings. The van der Waals surface area contributed by atoms with Crippen molar-refractivity contribution in [1.29, 1.82) is 0 Å². The molecule has 0 atom stereocenters. The summed E-state index contributed by atoms with van der Waals surface area (Å²) < 4.78 is 0. The lowest BCUT2D eigenvalue weighted by Gasteiger charge is -2.46. The Balaban J connectivity index is 1.15. The predicted molar refractivity (Wildman–Crippen MR) is 125 cm³/mol. The molecule has 2 amide bonds. The van der Waals surface area contributed by atoms with Crippen molar-refractivity contribution in [2.24, 2.45) is 0 Å². The highest BCUT2D eigenvalue weighted by Crippen LogP contribution is 2.37. The molecule has 166 valence electrons. The minimum absolute atomic E-state index is 0.00193. The molecule has 2 aliphatic rings. The van der Waals surface area contributed by atoms with E-state index in [1.165, 1.54) is 5.56 Å². The van der Waals surface area contributed by atoms with Gasteiger partial charge in [0.2, 0.25) is 5.91 Å². The van der Waals surface area contributed by atoms with Crippen molar-refractivity contribution >= 4 is 17.5 Å². The number of benzene rings is 2. The fourth-order valence-electron chi connectivity index (χ4n) is 4.85. The Labute approximate surface area is 189 Å². The van der Waals surface area contributed by atoms with Crippen molar-refractivity contribution in [3.05, 3.63) is 76.6 Å². The van der Waals surface area contributed by atoms with Gasteiger partial charge in [0.05, 0.1) is 19.2 Å². The molecule has 0 radical (unpaired) electrons. The number of amides is 2. The number of hydrogen-bond donors (Lipinski definition) is 2. The summed E-state index contributed by atoms with van der Waals surface area (Å²) >= 11 is 0. The second-order valence-electron chi connectivity index (χ2n) is 8.98. The molecule has 2 N–H and O–H groups in total. The van der Waals surface area contributed by atoms with Crippen LogP contribution in [0.2, 0.25) is 0 Å². The third-order valence-corrected chi connectivity index (χ3v) is 6.65. The van der Waals surface area contributed by atoms with Crippen molar-refractivity contribution in [3.8, 4) is 0 Å². The Morgan fingerprint density at radius 1 is 1.06 bits per heavy atom. The van der Waals surface area contributed by atoms with Gasteiger partial charge in [-0.25, -0.2) is 4.85 Å². The summed E-state index contributed by atoms with van der Waals surface area (Å²) in [6, 6.07) is 16.1. The SMILES string of the molecule is [C-]#[N+]c1cccc([C@H]2CC[C@@H](N3CC(NC(=O)CNC(=O)c4cccc(C)c4)C3)CC2)c1. The number of likely N-dealkylation sites (tertiary alicyclic amines) is 1. The van der Waals surface area contributed by atoms with Crippen LogP contribution in [0.15, 0.2) is 48.5 Å². The monoisotopic (exact) mass is 430 g/mol. The second kappa shape index (κ2) is 9.97. The third kappa shape index (κ3) is 5.35. The van der Waals surface area contributed by atoms with E-state index in [2.05, 4.69) is 26.4 Å². The molecule has 32 heavy (non-hydrogen) atoms. The van der Waals surface area contributed by atoms with Gasteiger partial charge >= 0.3 is 0 Å². The van der Waals surface area contributed by atoms with E-state index in [0.717, 1.165) is 50.0 Å². The van der Waals surface area contributed by atoms with Gasteiger partial charge in [-0.15, -0.1) is 0 Å². The first-order chi connectivity index (χ1) is 15.5. The maximum atomic E-state index is 12.2. The molecule has 6 heteroatoms. The van der Waals surface area contributed by atoms with E-state index in [0.29, 0.717) is 17.5 Å². The lowest BCUT2D eigenvalue weighted by molar-refractivity contribution is -0.122. The molecule has 0 bridgehead atoms. The first-order valence-electron chi connectivity index (χ1n) is 11.4. The number of carbonyl (C=O) groups is 2. The highest BCUT2D eigenvalue weighted by Gasteiger charge is 2.35. The number of carbonyl (C=O) groups excluding carboxylic acids is 2. The molecular weight excluding hydrogens is 400 g/mol. The summed E-state index contributed by atoms with van der Waals surface area (Å²) in [6.45, 7) is 10.9. The zero-order chi connectivity index (χ0) is 22.5. The smallest absolute Gasteiger partial charge is 0.251 e. The van der Waals surface area contributed by atoms with Crippen molar-refractivity contribution in [2.45, 2.75) is 50.6 Å². The van der Waals surface area contributed by atoms with Gasteiger partial charge in [-0.2, -0.15) is 0 Å². The van der Waals surface area contributed by atoms with Crippen LogP contribution in [0.4, 0.5) is 5.69 Å². The van der Waals surface area contributed by atoms with E-state index in [1.54, 1.807) is 6.07 Å². The van der Waals surface area contributed by atoms with E-state index in [4.69, 9.17) is 6.57 Å². The first kappa shape index (κ1) is 22.0. The molecule has 1 heterocycles. The maximum Gasteiger partial charge on any atom is 0.251 e. The number of rotatable bonds is 6. The van der Waals surface area contributed by atoms with Crippen LogP contribution in [-0.2, 0) is 4.79 Å². The van der Waals surface area contributed by atoms with Gasteiger partial charge in [0.15, 0.2) is 5.69 Å². The molecular formula is C26H30N4O2. The normalized spacial score (nSPS) is 21.2. The summed E-state index contributed by atoms with van der Waals surface area (Å²) in [5.41, 5.74) is 3.60. The van der Waals surface area contributed by atoms with Gasteiger partial charge in [0.25, 0.3) is 5.91 Å². The molecule has 2 aromatic rings. The number of nitrogens with one attached hydrogen (secondary N) is 2. The summed E-state index contributed by atoms with van der Waals surface area (Å²) in [5, 5.41) is 5.73. The maximum absolute atomic E-state index is 12.2. The summed E-state index contributed by atoms with van der Waals surface area (Å²) in [7, 11) is 0. The summed E-state index contributed by atoms with van der Waals surface area (Å²) in [6.07, 6.45) is 4.59. The minimum Gasteiger partial charge on any atom is -0.349 e. The molecule has 1 aliphatic carbocycles. The van der Waals surface area contributed by atoms with E-state index < -0.39 is 0 Å². The van der Waals surface area contributed by atoms with Crippen LogP contribution in [0.1, 0.15) is 53.1 Å². The van der Waals surface area contributed by atoms with Gasteiger partial charge in [-0.3, -0.25) is 14.5 Å². The van der Waals surface area contributed by atoms with Gasteiger partial charge in [0, 0.05) is 24.7 Å². The minimum atomic E-state index is -0.224. The molecule has 1 saturated heterocycles. The lowest BCUT2D eigenvalue weighted by Crippen LogP contribution is -2.63. The van der Waals surface area contributed by atoms with Crippen LogP contribution in [0.3, 0.4) is 0 Å². The van der Waals surface area contributed by atoms with E-state index in [1.807, 2.05) is 43.3 Å². The Bertz CT molecular complexity index is 1010. The Hall–Kier alpha value is -3.17. The van der Waals surface area contributed by atoms with Crippen LogP contribution in [0.25, 0.3) is 4.85 Å². The van der Waals surface area contributed by atoms with Gasteiger partial charge in [-0.1, -0.05) is 47.5 Å². The molecule has 1 aliphatic heterocycles. The van der Waals surface area contributed by atoms with E-state index in [-0.39, 0.29) is 24.4 Å². The summed E-state index contributed by atoms with van der Waals surface area (Å²) in [4.78, 5) is 30.4. The van der Waals surface area contributed by atoms with Gasteiger partial charge in [0.1, 0.15) is 0 Å². The molecule has 6 nitrogen and oxygen atoms in total. The molecule has 0 aromatic heterocycles. The molecule has 0 unspecified atom stereocenters. The van der Waals surface area contributed by atoms with Crippen LogP contribution in [0.5, 0.6) is 0 Å². The highest BCUT2D eigenvalue weighted by atomic mass is 16.2. The van der Waals surface area contributed by atoms with Crippen LogP contribution < -0.4 is 10.6 Å². The lowest BCUT2D eigenvalue weighted by atomic mass is 9.80. The first-order valence-corrected chi connectivity index (χ1v) is 11.4. The average Bonchev–Trinajstić information content (AvgIpc) is 2.79. The fourth-order valence-corrected chi connectivity index (χ4v) is 4.85. The van der Waals surface area contributed by atoms with Crippen molar-refractivity contribution in [1.82, 2.24) is 15.5 Å². The van der Waals surface area contributed by atoms with Crippen LogP contribution in [-0.4, -0.2) is 48.4 Å². The molecule has 2 aromatic carbocycles. The summed E-state index contributed by atoms with van der Waals surface area (Å²) in [5.74, 6) is 0.179. The topological polar surface area (TPSA) is 65.8 Å². The van der Waals surface area contributed by atoms with Gasteiger partial charge in [-0.05, 0) is 50.7 Å². The fraction of sp³-hybridized carbons (Fsp3) is 0.423. The van der Waals surface area contributed by atoms with Crippen LogP contribution in [0, 0.1) is 13.5 Å². The Morgan fingerprint density at radius 3 is 2.53 bits per heavy atom. The highest BCUT2D eigenvalue weighted by molar-refractivity contribution is 5.96.